The van der Waals surface area contributed by atoms with E-state index in [0.29, 0.717) is 54.5 Å². The molecule has 0 spiro atoms. The highest BCUT2D eigenvalue weighted by molar-refractivity contribution is 6.46. The summed E-state index contributed by atoms with van der Waals surface area (Å²) in [6, 6.07) is 2.60. The molecule has 2 fully saturated rings. The van der Waals surface area contributed by atoms with Gasteiger partial charge in [0.25, 0.3) is 11.7 Å². The largest absolute Gasteiger partial charge is 0.507 e. The number of rotatable bonds is 8. The van der Waals surface area contributed by atoms with Crippen LogP contribution >= 0.6 is 0 Å². The molecule has 0 aliphatic carbocycles. The highest BCUT2D eigenvalue weighted by Crippen LogP contribution is 2.41. The first kappa shape index (κ1) is 25.7. The fraction of sp³-hybridized carbons (Fsp3) is 0.500. The van der Waals surface area contributed by atoms with E-state index in [9.17, 15) is 19.5 Å². The average molecular weight is 500 g/mol. The van der Waals surface area contributed by atoms with E-state index in [1.165, 1.54) is 4.90 Å². The number of likely N-dealkylation sites (tertiary alicyclic amines) is 1. The summed E-state index contributed by atoms with van der Waals surface area (Å²) in [7, 11) is 0. The molecule has 4 rings (SSSR count). The minimum atomic E-state index is -0.872. The van der Waals surface area contributed by atoms with Gasteiger partial charge in [0.1, 0.15) is 29.0 Å². The van der Waals surface area contributed by atoms with Gasteiger partial charge in [0.05, 0.1) is 25.4 Å². The minimum Gasteiger partial charge on any atom is -0.507 e. The number of hydrogen-bond donors (Lipinski definition) is 2. The molecule has 2 aliphatic rings. The molecule has 1 amide bonds. The van der Waals surface area contributed by atoms with Crippen LogP contribution in [0.1, 0.15) is 58.2 Å². The van der Waals surface area contributed by atoms with Crippen molar-refractivity contribution in [3.63, 3.8) is 0 Å². The predicted octanol–water partition coefficient (Wildman–Crippen LogP) is 2.85. The zero-order valence-corrected chi connectivity index (χ0v) is 21.2. The van der Waals surface area contributed by atoms with Crippen molar-refractivity contribution < 1.29 is 33.4 Å². The van der Waals surface area contributed by atoms with Gasteiger partial charge in [-0.3, -0.25) is 14.5 Å². The molecule has 194 valence electrons. The van der Waals surface area contributed by atoms with Crippen molar-refractivity contribution >= 4 is 23.4 Å². The van der Waals surface area contributed by atoms with Crippen molar-refractivity contribution in [2.45, 2.75) is 40.2 Å². The maximum atomic E-state index is 13.3. The number of nitrogens with zero attached hydrogens (tertiary/aromatic N) is 2. The number of aliphatic hydroxyl groups is 1. The molecule has 0 unspecified atom stereocenters. The molecule has 2 aromatic heterocycles. The summed E-state index contributed by atoms with van der Waals surface area (Å²) < 4.78 is 16.3. The van der Waals surface area contributed by atoms with Gasteiger partial charge < -0.3 is 28.9 Å². The lowest BCUT2D eigenvalue weighted by Crippen LogP contribution is -2.38. The monoisotopic (exact) mass is 499 g/mol. The van der Waals surface area contributed by atoms with Crippen molar-refractivity contribution in [1.29, 1.82) is 0 Å². The number of morpholine rings is 1. The number of aliphatic hydroxyl groups excluding tert-OH is 1. The van der Waals surface area contributed by atoms with E-state index >= 15 is 0 Å². The van der Waals surface area contributed by atoms with Crippen LogP contribution in [0.15, 0.2) is 22.1 Å². The number of carbonyl (C=O) groups is 3. The van der Waals surface area contributed by atoms with Crippen LogP contribution in [0.25, 0.3) is 5.76 Å². The third kappa shape index (κ3) is 4.83. The molecule has 2 aliphatic heterocycles. The molecule has 0 bridgehead atoms. The van der Waals surface area contributed by atoms with Gasteiger partial charge in [-0.15, -0.1) is 0 Å². The van der Waals surface area contributed by atoms with E-state index in [4.69, 9.17) is 13.9 Å². The van der Waals surface area contributed by atoms with E-state index in [-0.39, 0.29) is 23.6 Å². The summed E-state index contributed by atoms with van der Waals surface area (Å²) in [4.78, 5) is 45.5. The number of H-pyrrole nitrogens is 1. The number of nitrogens with one attached hydrogen (secondary N) is 1. The van der Waals surface area contributed by atoms with Crippen LogP contribution in [0.2, 0.25) is 0 Å². The zero-order chi connectivity index (χ0) is 26.0. The summed E-state index contributed by atoms with van der Waals surface area (Å²) in [5.41, 5.74) is 1.37. The Morgan fingerprint density at radius 2 is 1.89 bits per heavy atom. The molecule has 0 saturated carbocycles. The number of Topliss-reactive ketones (excluding diaryl/α,β-unsaturated/α-hetero) is 1. The molecule has 0 radical (unpaired) electrons. The fourth-order valence-corrected chi connectivity index (χ4v) is 4.94. The molecule has 10 heteroatoms. The van der Waals surface area contributed by atoms with Crippen LogP contribution in [-0.2, 0) is 19.1 Å². The van der Waals surface area contributed by atoms with Crippen LogP contribution in [0.3, 0.4) is 0 Å². The Morgan fingerprint density at radius 3 is 2.53 bits per heavy atom. The second-order valence-corrected chi connectivity index (χ2v) is 9.09. The lowest BCUT2D eigenvalue weighted by atomic mass is 9.97. The number of hydrogen-bond acceptors (Lipinski definition) is 8. The van der Waals surface area contributed by atoms with E-state index < -0.39 is 23.7 Å². The first-order chi connectivity index (χ1) is 17.2. The summed E-state index contributed by atoms with van der Waals surface area (Å²) in [5.74, 6) is -1.34. The number of aromatic amines is 1. The van der Waals surface area contributed by atoms with Crippen molar-refractivity contribution in [1.82, 2.24) is 14.8 Å². The van der Waals surface area contributed by atoms with Gasteiger partial charge in [-0.25, -0.2) is 4.79 Å². The SMILES string of the molecule is CCOC(=O)c1[nH]c(C)c(C(O)=C2C(=O)C(=O)N(CCCN3CCOCC3)[C@H]2c2ccc(C)o2)c1C. The number of ketones is 1. The number of aromatic nitrogens is 1. The van der Waals surface area contributed by atoms with Gasteiger partial charge in [-0.2, -0.15) is 0 Å². The van der Waals surface area contributed by atoms with Crippen molar-refractivity contribution in [3.8, 4) is 0 Å². The van der Waals surface area contributed by atoms with Gasteiger partial charge >= 0.3 is 5.97 Å². The maximum Gasteiger partial charge on any atom is 0.355 e. The molecule has 2 saturated heterocycles. The van der Waals surface area contributed by atoms with Crippen LogP contribution in [-0.4, -0.2) is 83.5 Å². The van der Waals surface area contributed by atoms with E-state index in [1.807, 2.05) is 0 Å². The number of esters is 1. The third-order valence-electron chi connectivity index (χ3n) is 6.70. The van der Waals surface area contributed by atoms with Crippen LogP contribution in [0.4, 0.5) is 0 Å². The fourth-order valence-electron chi connectivity index (χ4n) is 4.94. The van der Waals surface area contributed by atoms with Crippen LogP contribution in [0.5, 0.6) is 0 Å². The highest BCUT2D eigenvalue weighted by atomic mass is 16.5. The van der Waals surface area contributed by atoms with E-state index in [1.54, 1.807) is 39.8 Å². The van der Waals surface area contributed by atoms with Crippen molar-refractivity contribution in [3.05, 3.63) is 51.7 Å². The van der Waals surface area contributed by atoms with Crippen LogP contribution < -0.4 is 0 Å². The number of amides is 1. The van der Waals surface area contributed by atoms with Crippen molar-refractivity contribution in [2.24, 2.45) is 0 Å². The molecule has 1 atom stereocenters. The van der Waals surface area contributed by atoms with Gasteiger partial charge in [0.2, 0.25) is 0 Å². The normalized spacial score (nSPS) is 20.3. The van der Waals surface area contributed by atoms with E-state index in [2.05, 4.69) is 9.88 Å². The Labute approximate surface area is 209 Å². The first-order valence-corrected chi connectivity index (χ1v) is 12.3. The minimum absolute atomic E-state index is 0.0543. The Balaban J connectivity index is 1.71. The zero-order valence-electron chi connectivity index (χ0n) is 21.2. The molecule has 0 aromatic carbocycles. The molecule has 2 aromatic rings. The lowest BCUT2D eigenvalue weighted by Gasteiger charge is -2.28. The molecule has 10 nitrogen and oxygen atoms in total. The van der Waals surface area contributed by atoms with Gasteiger partial charge in [0.15, 0.2) is 0 Å². The quantitative estimate of drug-likeness (QED) is 0.246. The van der Waals surface area contributed by atoms with Gasteiger partial charge in [0, 0.05) is 37.4 Å². The molecule has 2 N–H and O–H groups in total. The number of carbonyl (C=O) groups excluding carboxylic acids is 3. The Hall–Kier alpha value is -3.37. The Kier molecular flexibility index (Phi) is 7.65. The topological polar surface area (TPSA) is 125 Å². The lowest BCUT2D eigenvalue weighted by molar-refractivity contribution is -0.140. The summed E-state index contributed by atoms with van der Waals surface area (Å²) in [5, 5.41) is 11.4. The standard InChI is InChI=1S/C26H33N3O7/c1-5-35-26(33)21-16(3)19(17(4)27-21)23(30)20-22(18-8-7-15(2)36-18)29(25(32)24(20)31)10-6-9-28-11-13-34-14-12-28/h7-8,22,27,30H,5-6,9-14H2,1-4H3/t22-/m0/s1. The Bertz CT molecular complexity index is 1190. The molecule has 36 heavy (non-hydrogen) atoms. The number of ether oxygens (including phenoxy) is 2. The summed E-state index contributed by atoms with van der Waals surface area (Å²) in [6.45, 7) is 11.1. The molecular weight excluding hydrogens is 466 g/mol. The summed E-state index contributed by atoms with van der Waals surface area (Å²) in [6.07, 6.45) is 0.651. The molecule has 4 heterocycles. The maximum absolute atomic E-state index is 13.3. The predicted molar refractivity (Wildman–Crippen MR) is 131 cm³/mol. The van der Waals surface area contributed by atoms with Gasteiger partial charge in [-0.05, 0) is 51.8 Å². The Morgan fingerprint density at radius 1 is 1.17 bits per heavy atom. The van der Waals surface area contributed by atoms with Crippen molar-refractivity contribution in [2.75, 3.05) is 46.0 Å². The second kappa shape index (κ2) is 10.7. The number of aryl methyl sites for hydroxylation is 2. The van der Waals surface area contributed by atoms with Crippen LogP contribution in [0, 0.1) is 20.8 Å². The average Bonchev–Trinajstić information content (AvgIpc) is 3.49. The summed E-state index contributed by atoms with van der Waals surface area (Å²) >= 11 is 0. The van der Waals surface area contributed by atoms with Gasteiger partial charge in [-0.1, -0.05) is 0 Å². The molecular formula is C26H33N3O7. The number of furan rings is 1. The highest BCUT2D eigenvalue weighted by Gasteiger charge is 2.47. The third-order valence-corrected chi connectivity index (χ3v) is 6.70. The second-order valence-electron chi connectivity index (χ2n) is 9.09. The van der Waals surface area contributed by atoms with E-state index in [0.717, 1.165) is 19.6 Å². The first-order valence-electron chi connectivity index (χ1n) is 12.3. The smallest absolute Gasteiger partial charge is 0.355 e.